The molecule has 0 aliphatic carbocycles. The van der Waals surface area contributed by atoms with Gasteiger partial charge in [0.2, 0.25) is 0 Å². The number of aryl methyl sites for hydroxylation is 2. The third-order valence-corrected chi connectivity index (χ3v) is 5.80. The molecular formula is C28H24F4O2. The maximum Gasteiger partial charge on any atom is 0.387 e. The van der Waals surface area contributed by atoms with Gasteiger partial charge in [-0.2, -0.15) is 8.78 Å². The Morgan fingerprint density at radius 2 is 1.53 bits per heavy atom. The number of hydrogen-bond acceptors (Lipinski definition) is 2. The summed E-state index contributed by atoms with van der Waals surface area (Å²) in [5, 5.41) is 1.16. The van der Waals surface area contributed by atoms with E-state index in [2.05, 4.69) is 4.74 Å². The number of halogens is 4. The van der Waals surface area contributed by atoms with Crippen LogP contribution < -0.4 is 4.74 Å². The second kappa shape index (κ2) is 10.7. The number of benzene rings is 4. The minimum atomic E-state index is -2.87. The first kappa shape index (κ1) is 23.8. The van der Waals surface area contributed by atoms with E-state index in [0.717, 1.165) is 11.1 Å². The fourth-order valence-electron chi connectivity index (χ4n) is 3.98. The number of alkyl halides is 2. The SMILES string of the molecule is COCCc1ccc(-c2ccc3c(F)c(CCc4ccc(OC(F)F)cc4)ccc3c2)c(F)c1. The van der Waals surface area contributed by atoms with Crippen LogP contribution >= 0.6 is 0 Å². The maximum atomic E-state index is 15.2. The normalized spacial score (nSPS) is 11.4. The first-order valence-corrected chi connectivity index (χ1v) is 11.0. The Labute approximate surface area is 195 Å². The Hall–Kier alpha value is -3.38. The smallest absolute Gasteiger partial charge is 0.387 e. The fourth-order valence-corrected chi connectivity index (χ4v) is 3.98. The minimum Gasteiger partial charge on any atom is -0.435 e. The number of hydrogen-bond donors (Lipinski definition) is 0. The van der Waals surface area contributed by atoms with Crippen molar-refractivity contribution in [2.24, 2.45) is 0 Å². The lowest BCUT2D eigenvalue weighted by Gasteiger charge is -2.11. The molecule has 176 valence electrons. The van der Waals surface area contributed by atoms with Crippen molar-refractivity contribution in [1.29, 1.82) is 0 Å². The molecule has 4 rings (SSSR count). The lowest BCUT2D eigenvalue weighted by molar-refractivity contribution is -0.0498. The van der Waals surface area contributed by atoms with Gasteiger partial charge in [-0.15, -0.1) is 0 Å². The van der Waals surface area contributed by atoms with Crippen LogP contribution in [0.4, 0.5) is 17.6 Å². The molecule has 0 bridgehead atoms. The van der Waals surface area contributed by atoms with Crippen molar-refractivity contribution in [3.8, 4) is 16.9 Å². The molecule has 0 N–H and O–H groups in total. The highest BCUT2D eigenvalue weighted by atomic mass is 19.3. The molecule has 0 spiro atoms. The average Bonchev–Trinajstić information content (AvgIpc) is 2.83. The third kappa shape index (κ3) is 5.57. The van der Waals surface area contributed by atoms with E-state index in [1.165, 1.54) is 18.2 Å². The van der Waals surface area contributed by atoms with Crippen molar-refractivity contribution in [3.63, 3.8) is 0 Å². The Kier molecular flexibility index (Phi) is 7.48. The van der Waals surface area contributed by atoms with Crippen molar-refractivity contribution in [3.05, 3.63) is 101 Å². The van der Waals surface area contributed by atoms with Crippen LogP contribution in [0, 0.1) is 11.6 Å². The van der Waals surface area contributed by atoms with Gasteiger partial charge in [0.25, 0.3) is 0 Å². The Balaban J connectivity index is 1.51. The summed E-state index contributed by atoms with van der Waals surface area (Å²) in [6.45, 7) is -2.34. The van der Waals surface area contributed by atoms with E-state index in [9.17, 15) is 13.2 Å². The first-order chi connectivity index (χ1) is 16.4. The molecule has 0 fully saturated rings. The number of ether oxygens (including phenoxy) is 2. The van der Waals surface area contributed by atoms with Gasteiger partial charge in [0, 0.05) is 18.1 Å². The molecule has 0 aromatic heterocycles. The standard InChI is InChI=1S/C28H24F4O2/c1-33-15-14-19-5-12-24(26(29)16-19)21-9-13-25-22(17-21)8-7-20(27(25)30)6-2-18-3-10-23(11-4-18)34-28(31)32/h3-5,7-13,16-17,28H,2,6,14-15H2,1H3. The number of methoxy groups -OCH3 is 1. The lowest BCUT2D eigenvalue weighted by atomic mass is 9.96. The predicted molar refractivity (Wildman–Crippen MR) is 125 cm³/mol. The summed E-state index contributed by atoms with van der Waals surface area (Å²) in [5.41, 5.74) is 3.45. The van der Waals surface area contributed by atoms with Crippen LogP contribution in [0.3, 0.4) is 0 Å². The van der Waals surface area contributed by atoms with E-state index >= 15 is 4.39 Å². The van der Waals surface area contributed by atoms with Crippen molar-refractivity contribution in [2.75, 3.05) is 13.7 Å². The highest BCUT2D eigenvalue weighted by molar-refractivity contribution is 5.88. The molecule has 4 aromatic carbocycles. The first-order valence-electron chi connectivity index (χ1n) is 11.0. The Morgan fingerprint density at radius 1 is 0.765 bits per heavy atom. The van der Waals surface area contributed by atoms with E-state index in [1.54, 1.807) is 49.6 Å². The van der Waals surface area contributed by atoms with Crippen molar-refractivity contribution >= 4 is 10.8 Å². The topological polar surface area (TPSA) is 18.5 Å². The van der Waals surface area contributed by atoms with Crippen molar-refractivity contribution < 1.29 is 27.0 Å². The van der Waals surface area contributed by atoms with Crippen molar-refractivity contribution in [2.45, 2.75) is 25.9 Å². The summed E-state index contributed by atoms with van der Waals surface area (Å²) < 4.78 is 63.8. The summed E-state index contributed by atoms with van der Waals surface area (Å²) in [6, 6.07) is 20.2. The third-order valence-electron chi connectivity index (χ3n) is 5.80. The van der Waals surface area contributed by atoms with Gasteiger partial charge in [-0.3, -0.25) is 0 Å². The van der Waals surface area contributed by atoms with Crippen molar-refractivity contribution in [1.82, 2.24) is 0 Å². The van der Waals surface area contributed by atoms with Crippen LogP contribution in [0.5, 0.6) is 5.75 Å². The Morgan fingerprint density at radius 3 is 2.24 bits per heavy atom. The van der Waals surface area contributed by atoms with E-state index in [1.807, 2.05) is 12.1 Å². The summed E-state index contributed by atoms with van der Waals surface area (Å²) in [7, 11) is 1.61. The van der Waals surface area contributed by atoms with Crippen LogP contribution in [-0.4, -0.2) is 20.3 Å². The van der Waals surface area contributed by atoms with Gasteiger partial charge in [0.05, 0.1) is 6.61 Å². The van der Waals surface area contributed by atoms with Crippen LogP contribution in [-0.2, 0) is 24.0 Å². The summed E-state index contributed by atoms with van der Waals surface area (Å²) in [5.74, 6) is -0.542. The van der Waals surface area contributed by atoms with Gasteiger partial charge in [-0.05, 0) is 71.2 Å². The molecular weight excluding hydrogens is 444 g/mol. The summed E-state index contributed by atoms with van der Waals surface area (Å²) in [6.07, 6.45) is 1.64. The van der Waals surface area contributed by atoms with E-state index in [0.29, 0.717) is 53.3 Å². The fraction of sp³-hybridized carbons (Fsp3) is 0.214. The highest BCUT2D eigenvalue weighted by Crippen LogP contribution is 2.30. The van der Waals surface area contributed by atoms with Crippen LogP contribution in [0.2, 0.25) is 0 Å². The molecule has 0 saturated heterocycles. The molecule has 0 unspecified atom stereocenters. The van der Waals surface area contributed by atoms with Crippen LogP contribution in [0.25, 0.3) is 21.9 Å². The quantitative estimate of drug-likeness (QED) is 0.239. The highest BCUT2D eigenvalue weighted by Gasteiger charge is 2.12. The maximum absolute atomic E-state index is 15.2. The van der Waals surface area contributed by atoms with Gasteiger partial charge in [-0.25, -0.2) is 8.78 Å². The Bertz CT molecular complexity index is 1270. The molecule has 34 heavy (non-hydrogen) atoms. The van der Waals surface area contributed by atoms with Crippen LogP contribution in [0.1, 0.15) is 16.7 Å². The van der Waals surface area contributed by atoms with Gasteiger partial charge < -0.3 is 9.47 Å². The van der Waals surface area contributed by atoms with E-state index in [4.69, 9.17) is 4.74 Å². The molecule has 2 nitrogen and oxygen atoms in total. The molecule has 0 amide bonds. The monoisotopic (exact) mass is 468 g/mol. The lowest BCUT2D eigenvalue weighted by Crippen LogP contribution is -2.02. The molecule has 0 aliphatic heterocycles. The predicted octanol–water partition coefficient (Wildman–Crippen LogP) is 7.36. The van der Waals surface area contributed by atoms with Gasteiger partial charge in [-0.1, -0.05) is 48.5 Å². The minimum absolute atomic E-state index is 0.0903. The molecule has 0 radical (unpaired) electrons. The zero-order valence-corrected chi connectivity index (χ0v) is 18.7. The molecule has 0 heterocycles. The van der Waals surface area contributed by atoms with E-state index < -0.39 is 6.61 Å². The second-order valence-corrected chi connectivity index (χ2v) is 8.05. The molecule has 6 heteroatoms. The molecule has 0 atom stereocenters. The van der Waals surface area contributed by atoms with E-state index in [-0.39, 0.29) is 17.4 Å². The summed E-state index contributed by atoms with van der Waals surface area (Å²) >= 11 is 0. The molecule has 0 saturated carbocycles. The summed E-state index contributed by atoms with van der Waals surface area (Å²) in [4.78, 5) is 0. The largest absolute Gasteiger partial charge is 0.435 e. The average molecular weight is 468 g/mol. The number of rotatable bonds is 9. The zero-order valence-electron chi connectivity index (χ0n) is 18.7. The molecule has 0 aliphatic rings. The molecule has 4 aromatic rings. The van der Waals surface area contributed by atoms with Crippen LogP contribution in [0.15, 0.2) is 72.8 Å². The van der Waals surface area contributed by atoms with Gasteiger partial charge in [0.15, 0.2) is 0 Å². The second-order valence-electron chi connectivity index (χ2n) is 8.05. The van der Waals surface area contributed by atoms with Gasteiger partial charge >= 0.3 is 6.61 Å². The number of fused-ring (bicyclic) bond motifs is 1. The van der Waals surface area contributed by atoms with Gasteiger partial charge in [0.1, 0.15) is 17.4 Å². The zero-order chi connectivity index (χ0) is 24.1.